The van der Waals surface area contributed by atoms with E-state index in [4.69, 9.17) is 0 Å². The molecule has 0 atom stereocenters. The van der Waals surface area contributed by atoms with Gasteiger partial charge in [-0.3, -0.25) is 19.3 Å². The molecule has 0 spiro atoms. The molecule has 0 saturated carbocycles. The first-order valence-electron chi connectivity index (χ1n) is 9.11. The molecule has 0 unspecified atom stereocenters. The molecular formula is C23H18N2O3S. The number of anilines is 1. The SMILES string of the molecule is Cc1ccc(/C=C2/SC(=O)N(CC(=O)Nc3cccc4ccccc34)C2=O)cc1. The summed E-state index contributed by atoms with van der Waals surface area (Å²) in [7, 11) is 0. The monoisotopic (exact) mass is 402 g/mol. The number of rotatable bonds is 4. The van der Waals surface area contributed by atoms with Crippen LogP contribution in [0.25, 0.3) is 16.8 Å². The molecule has 0 aromatic heterocycles. The molecule has 1 heterocycles. The van der Waals surface area contributed by atoms with Gasteiger partial charge in [-0.05, 0) is 41.8 Å². The quantitative estimate of drug-likeness (QED) is 0.635. The number of nitrogens with one attached hydrogen (secondary N) is 1. The number of carbonyl (C=O) groups excluding carboxylic acids is 3. The summed E-state index contributed by atoms with van der Waals surface area (Å²) in [5, 5.41) is 4.26. The Balaban J connectivity index is 1.48. The first-order valence-corrected chi connectivity index (χ1v) is 9.92. The maximum atomic E-state index is 12.6. The molecular weight excluding hydrogens is 384 g/mol. The van der Waals surface area contributed by atoms with Gasteiger partial charge in [-0.25, -0.2) is 0 Å². The Labute approximate surface area is 172 Å². The fourth-order valence-electron chi connectivity index (χ4n) is 3.12. The number of thioether (sulfide) groups is 1. The summed E-state index contributed by atoms with van der Waals surface area (Å²) in [5.74, 6) is -0.867. The van der Waals surface area contributed by atoms with Crippen molar-refractivity contribution in [2.24, 2.45) is 0 Å². The molecule has 0 radical (unpaired) electrons. The molecule has 1 N–H and O–H groups in total. The number of amides is 3. The van der Waals surface area contributed by atoms with Crippen LogP contribution >= 0.6 is 11.8 Å². The third-order valence-corrected chi connectivity index (χ3v) is 5.52. The highest BCUT2D eigenvalue weighted by Gasteiger charge is 2.36. The predicted octanol–water partition coefficient (Wildman–Crippen LogP) is 4.82. The van der Waals surface area contributed by atoms with Crippen molar-refractivity contribution < 1.29 is 14.4 Å². The molecule has 144 valence electrons. The maximum absolute atomic E-state index is 12.6. The normalized spacial score (nSPS) is 15.3. The number of benzene rings is 3. The van der Waals surface area contributed by atoms with Gasteiger partial charge < -0.3 is 5.32 Å². The van der Waals surface area contributed by atoms with Gasteiger partial charge in [0.2, 0.25) is 5.91 Å². The van der Waals surface area contributed by atoms with E-state index in [0.717, 1.165) is 38.6 Å². The van der Waals surface area contributed by atoms with Crippen LogP contribution in [0.4, 0.5) is 10.5 Å². The molecule has 1 saturated heterocycles. The standard InChI is InChI=1S/C23H18N2O3S/c1-15-9-11-16(12-10-15)13-20-22(27)25(23(28)29-20)14-21(26)24-19-8-4-6-17-5-2-3-7-18(17)19/h2-13H,14H2,1H3,(H,24,26)/b20-13+. The molecule has 0 aliphatic carbocycles. The Hall–Kier alpha value is -3.38. The first-order chi connectivity index (χ1) is 14.0. The van der Waals surface area contributed by atoms with Crippen molar-refractivity contribution >= 4 is 51.4 Å². The zero-order valence-electron chi connectivity index (χ0n) is 15.7. The van der Waals surface area contributed by atoms with Crippen molar-refractivity contribution in [1.82, 2.24) is 4.90 Å². The second kappa shape index (κ2) is 7.93. The molecule has 29 heavy (non-hydrogen) atoms. The van der Waals surface area contributed by atoms with E-state index < -0.39 is 17.1 Å². The fraction of sp³-hybridized carbons (Fsp3) is 0.0870. The van der Waals surface area contributed by atoms with Crippen LogP contribution in [0.15, 0.2) is 71.6 Å². The smallest absolute Gasteiger partial charge is 0.294 e. The average molecular weight is 402 g/mol. The highest BCUT2D eigenvalue weighted by atomic mass is 32.2. The summed E-state index contributed by atoms with van der Waals surface area (Å²) in [6, 6.07) is 20.9. The molecule has 1 aliphatic heterocycles. The summed E-state index contributed by atoms with van der Waals surface area (Å²) < 4.78 is 0. The van der Waals surface area contributed by atoms with Crippen molar-refractivity contribution in [3.8, 4) is 0 Å². The van der Waals surface area contributed by atoms with E-state index in [0.29, 0.717) is 10.6 Å². The van der Waals surface area contributed by atoms with Gasteiger partial charge in [0.15, 0.2) is 0 Å². The number of imide groups is 1. The van der Waals surface area contributed by atoms with Crippen LogP contribution in [0, 0.1) is 6.92 Å². The van der Waals surface area contributed by atoms with Crippen molar-refractivity contribution in [3.05, 3.63) is 82.8 Å². The fourth-order valence-corrected chi connectivity index (χ4v) is 3.96. The zero-order chi connectivity index (χ0) is 20.4. The van der Waals surface area contributed by atoms with Gasteiger partial charge in [0.1, 0.15) is 6.54 Å². The first kappa shape index (κ1) is 19.0. The lowest BCUT2D eigenvalue weighted by Crippen LogP contribution is -2.36. The van der Waals surface area contributed by atoms with Gasteiger partial charge in [0.05, 0.1) is 4.91 Å². The third kappa shape index (κ3) is 4.07. The maximum Gasteiger partial charge on any atom is 0.294 e. The van der Waals surface area contributed by atoms with E-state index in [1.165, 1.54) is 0 Å². The second-order valence-corrected chi connectivity index (χ2v) is 7.75. The van der Waals surface area contributed by atoms with E-state index in [9.17, 15) is 14.4 Å². The van der Waals surface area contributed by atoms with Crippen LogP contribution in [-0.2, 0) is 9.59 Å². The average Bonchev–Trinajstić information content (AvgIpc) is 2.97. The van der Waals surface area contributed by atoms with Crippen LogP contribution in [0.5, 0.6) is 0 Å². The summed E-state index contributed by atoms with van der Waals surface area (Å²) in [6.07, 6.45) is 1.67. The second-order valence-electron chi connectivity index (χ2n) is 6.75. The summed E-state index contributed by atoms with van der Waals surface area (Å²) in [6.45, 7) is 1.66. The lowest BCUT2D eigenvalue weighted by molar-refractivity contribution is -0.127. The number of hydrogen-bond donors (Lipinski definition) is 1. The highest BCUT2D eigenvalue weighted by Crippen LogP contribution is 2.32. The Morgan fingerprint density at radius 1 is 1.00 bits per heavy atom. The van der Waals surface area contributed by atoms with Gasteiger partial charge in [-0.1, -0.05) is 66.2 Å². The largest absolute Gasteiger partial charge is 0.324 e. The number of carbonyl (C=O) groups is 3. The molecule has 5 nitrogen and oxygen atoms in total. The summed E-state index contributed by atoms with van der Waals surface area (Å²) in [5.41, 5.74) is 2.59. The molecule has 3 aromatic carbocycles. The van der Waals surface area contributed by atoms with Gasteiger partial charge >= 0.3 is 0 Å². The van der Waals surface area contributed by atoms with E-state index in [1.54, 1.807) is 12.1 Å². The minimum absolute atomic E-state index is 0.316. The molecule has 4 rings (SSSR count). The van der Waals surface area contributed by atoms with Crippen LogP contribution in [0.3, 0.4) is 0 Å². The van der Waals surface area contributed by atoms with Crippen molar-refractivity contribution in [2.45, 2.75) is 6.92 Å². The topological polar surface area (TPSA) is 66.5 Å². The lowest BCUT2D eigenvalue weighted by atomic mass is 10.1. The van der Waals surface area contributed by atoms with Crippen LogP contribution in [0.1, 0.15) is 11.1 Å². The minimum atomic E-state index is -0.450. The van der Waals surface area contributed by atoms with Crippen LogP contribution < -0.4 is 5.32 Å². The van der Waals surface area contributed by atoms with Crippen LogP contribution in [0.2, 0.25) is 0 Å². The van der Waals surface area contributed by atoms with E-state index >= 15 is 0 Å². The highest BCUT2D eigenvalue weighted by molar-refractivity contribution is 8.18. The van der Waals surface area contributed by atoms with Crippen molar-refractivity contribution in [3.63, 3.8) is 0 Å². The molecule has 3 aromatic rings. The van der Waals surface area contributed by atoms with E-state index in [-0.39, 0.29) is 6.54 Å². The van der Waals surface area contributed by atoms with Crippen molar-refractivity contribution in [1.29, 1.82) is 0 Å². The minimum Gasteiger partial charge on any atom is -0.324 e. The van der Waals surface area contributed by atoms with Gasteiger partial charge in [0, 0.05) is 11.1 Å². The van der Waals surface area contributed by atoms with Gasteiger partial charge in [-0.15, -0.1) is 0 Å². The predicted molar refractivity (Wildman–Crippen MR) is 116 cm³/mol. The van der Waals surface area contributed by atoms with Crippen LogP contribution in [-0.4, -0.2) is 28.5 Å². The number of hydrogen-bond acceptors (Lipinski definition) is 4. The molecule has 1 aliphatic rings. The van der Waals surface area contributed by atoms with Gasteiger partial charge in [0.25, 0.3) is 11.1 Å². The Morgan fingerprint density at radius 3 is 2.52 bits per heavy atom. The number of fused-ring (bicyclic) bond motifs is 1. The number of aryl methyl sites for hydroxylation is 1. The summed E-state index contributed by atoms with van der Waals surface area (Å²) in [4.78, 5) is 38.7. The number of nitrogens with zero attached hydrogens (tertiary/aromatic N) is 1. The van der Waals surface area contributed by atoms with E-state index in [1.807, 2.05) is 67.6 Å². The molecule has 1 fully saturated rings. The van der Waals surface area contributed by atoms with Crippen molar-refractivity contribution in [2.75, 3.05) is 11.9 Å². The van der Waals surface area contributed by atoms with Gasteiger partial charge in [-0.2, -0.15) is 0 Å². The Bertz CT molecular complexity index is 1150. The Kier molecular flexibility index (Phi) is 5.18. The molecule has 3 amide bonds. The third-order valence-electron chi connectivity index (χ3n) is 4.61. The molecule has 6 heteroatoms. The van der Waals surface area contributed by atoms with E-state index in [2.05, 4.69) is 5.32 Å². The molecule has 0 bridgehead atoms. The summed E-state index contributed by atoms with van der Waals surface area (Å²) >= 11 is 0.850. The Morgan fingerprint density at radius 2 is 1.72 bits per heavy atom. The zero-order valence-corrected chi connectivity index (χ0v) is 16.5. The lowest BCUT2D eigenvalue weighted by Gasteiger charge is -2.13.